The summed E-state index contributed by atoms with van der Waals surface area (Å²) < 4.78 is 12.8. The minimum absolute atomic E-state index is 0.155. The predicted octanol–water partition coefficient (Wildman–Crippen LogP) is 2.38. The van der Waals surface area contributed by atoms with Crippen molar-refractivity contribution >= 4 is 14.7 Å². The molecule has 82 valence electrons. The Bertz CT molecular complexity index is 436. The Balaban J connectivity index is 2.09. The van der Waals surface area contributed by atoms with Gasteiger partial charge in [0.05, 0.1) is 9.52 Å². The van der Waals surface area contributed by atoms with Gasteiger partial charge in [-0.3, -0.25) is 0 Å². The van der Waals surface area contributed by atoms with Gasteiger partial charge in [0.15, 0.2) is 0 Å². The van der Waals surface area contributed by atoms with E-state index in [2.05, 4.69) is 31.2 Å². The molecule has 0 saturated heterocycles. The molecule has 0 amide bonds. The maximum absolute atomic E-state index is 12.8. The van der Waals surface area contributed by atoms with E-state index in [4.69, 9.17) is 0 Å². The van der Waals surface area contributed by atoms with Gasteiger partial charge in [-0.15, -0.1) is 0 Å². The van der Waals surface area contributed by atoms with Gasteiger partial charge in [0, 0.05) is 0 Å². The second-order valence-electron chi connectivity index (χ2n) is 4.14. The lowest BCUT2D eigenvalue weighted by molar-refractivity contribution is 0.627. The topological polar surface area (TPSA) is 0 Å². The van der Waals surface area contributed by atoms with Crippen LogP contribution >= 0.6 is 0 Å². The quantitative estimate of drug-likeness (QED) is 0.710. The molecule has 16 heavy (non-hydrogen) atoms. The first-order valence-electron chi connectivity index (χ1n) is 5.55. The molecule has 0 N–H and O–H groups in total. The van der Waals surface area contributed by atoms with E-state index in [1.807, 2.05) is 18.2 Å². The van der Waals surface area contributed by atoms with E-state index in [0.29, 0.717) is 5.54 Å². The van der Waals surface area contributed by atoms with Crippen LogP contribution in [0.25, 0.3) is 0 Å². The third kappa shape index (κ3) is 2.80. The van der Waals surface area contributed by atoms with Crippen molar-refractivity contribution in [1.82, 2.24) is 0 Å². The van der Waals surface area contributed by atoms with Crippen molar-refractivity contribution in [3.8, 4) is 0 Å². The van der Waals surface area contributed by atoms with Crippen molar-refractivity contribution in [2.75, 3.05) is 0 Å². The van der Waals surface area contributed by atoms with Crippen LogP contribution < -0.4 is 5.19 Å². The van der Waals surface area contributed by atoms with Crippen molar-refractivity contribution in [1.29, 1.82) is 0 Å². The van der Waals surface area contributed by atoms with Crippen molar-refractivity contribution in [2.45, 2.75) is 12.5 Å². The Hall–Kier alpha value is -1.41. The SMILES string of the molecule is CC([SiH2]c1ccccc1)c1ccc(F)cc1. The van der Waals surface area contributed by atoms with Gasteiger partial charge < -0.3 is 0 Å². The minimum Gasteiger partial charge on any atom is -0.207 e. The maximum atomic E-state index is 12.8. The summed E-state index contributed by atoms with van der Waals surface area (Å²) in [5, 5.41) is 1.46. The second kappa shape index (κ2) is 5.08. The van der Waals surface area contributed by atoms with E-state index in [9.17, 15) is 4.39 Å². The van der Waals surface area contributed by atoms with E-state index < -0.39 is 0 Å². The van der Waals surface area contributed by atoms with Crippen LogP contribution in [0.5, 0.6) is 0 Å². The number of rotatable bonds is 3. The van der Waals surface area contributed by atoms with Crippen LogP contribution in [0.15, 0.2) is 54.6 Å². The lowest BCUT2D eigenvalue weighted by Crippen LogP contribution is -2.19. The fourth-order valence-corrected chi connectivity index (χ4v) is 3.64. The molecule has 0 heterocycles. The summed E-state index contributed by atoms with van der Waals surface area (Å²) in [5.74, 6) is -0.155. The van der Waals surface area contributed by atoms with Crippen LogP contribution in [0.2, 0.25) is 0 Å². The Morgan fingerprint density at radius 3 is 2.19 bits per heavy atom. The molecule has 0 aliphatic heterocycles. The number of hydrogen-bond acceptors (Lipinski definition) is 0. The summed E-state index contributed by atoms with van der Waals surface area (Å²) in [5.41, 5.74) is 1.81. The Morgan fingerprint density at radius 2 is 1.56 bits per heavy atom. The molecular weight excluding hydrogens is 215 g/mol. The van der Waals surface area contributed by atoms with Gasteiger partial charge >= 0.3 is 0 Å². The van der Waals surface area contributed by atoms with Gasteiger partial charge in [-0.25, -0.2) is 4.39 Å². The third-order valence-electron chi connectivity index (χ3n) is 2.82. The fraction of sp³-hybridized carbons (Fsp3) is 0.143. The molecule has 0 nitrogen and oxygen atoms in total. The van der Waals surface area contributed by atoms with Crippen LogP contribution in [0.1, 0.15) is 18.0 Å². The molecule has 2 heteroatoms. The van der Waals surface area contributed by atoms with Crippen LogP contribution in [0, 0.1) is 5.82 Å². The molecule has 0 aliphatic rings. The monoisotopic (exact) mass is 230 g/mol. The highest BCUT2D eigenvalue weighted by Crippen LogP contribution is 2.13. The standard InChI is InChI=1S/C14H15FSi/c1-11(12-7-9-13(15)10-8-12)16-14-5-3-2-4-6-14/h2-11H,16H2,1H3. The normalized spacial score (nSPS) is 13.1. The maximum Gasteiger partial charge on any atom is 0.123 e. The first-order valence-corrected chi connectivity index (χ1v) is 7.07. The molecule has 2 aromatic rings. The molecule has 2 aromatic carbocycles. The van der Waals surface area contributed by atoms with Crippen LogP contribution in [-0.2, 0) is 0 Å². The first-order chi connectivity index (χ1) is 7.75. The first kappa shape index (κ1) is 11.1. The summed E-state index contributed by atoms with van der Waals surface area (Å²) >= 11 is 0. The molecule has 0 aromatic heterocycles. The summed E-state index contributed by atoms with van der Waals surface area (Å²) in [6.07, 6.45) is 0. The summed E-state index contributed by atoms with van der Waals surface area (Å²) in [4.78, 5) is 0. The van der Waals surface area contributed by atoms with Crippen LogP contribution in [0.4, 0.5) is 4.39 Å². The van der Waals surface area contributed by atoms with Gasteiger partial charge in [0.2, 0.25) is 0 Å². The molecule has 0 spiro atoms. The Kier molecular flexibility index (Phi) is 3.52. The van der Waals surface area contributed by atoms with E-state index in [0.717, 1.165) is 0 Å². The van der Waals surface area contributed by atoms with Gasteiger partial charge in [-0.05, 0) is 23.2 Å². The molecule has 0 radical (unpaired) electrons. The summed E-state index contributed by atoms with van der Waals surface area (Å²) in [6.45, 7) is 2.23. The van der Waals surface area contributed by atoms with E-state index >= 15 is 0 Å². The van der Waals surface area contributed by atoms with Crippen molar-refractivity contribution in [3.63, 3.8) is 0 Å². The number of hydrogen-bond donors (Lipinski definition) is 0. The molecule has 0 aliphatic carbocycles. The molecule has 0 bridgehead atoms. The largest absolute Gasteiger partial charge is 0.207 e. The molecule has 1 atom stereocenters. The van der Waals surface area contributed by atoms with Gasteiger partial charge in [0.1, 0.15) is 5.82 Å². The fourth-order valence-electron chi connectivity index (χ4n) is 1.88. The van der Waals surface area contributed by atoms with Crippen molar-refractivity contribution in [3.05, 3.63) is 66.0 Å². The zero-order valence-electron chi connectivity index (χ0n) is 9.36. The molecular formula is C14H15FSi. The van der Waals surface area contributed by atoms with E-state index in [1.54, 1.807) is 12.1 Å². The predicted molar refractivity (Wildman–Crippen MR) is 69.4 cm³/mol. The van der Waals surface area contributed by atoms with Gasteiger partial charge in [0.25, 0.3) is 0 Å². The van der Waals surface area contributed by atoms with Crippen LogP contribution in [-0.4, -0.2) is 9.52 Å². The second-order valence-corrected chi connectivity index (χ2v) is 6.59. The minimum atomic E-state index is -0.320. The average Bonchev–Trinajstić information content (AvgIpc) is 2.31. The molecule has 1 unspecified atom stereocenters. The number of halogens is 1. The summed E-state index contributed by atoms with van der Waals surface area (Å²) in [6, 6.07) is 17.5. The van der Waals surface area contributed by atoms with Crippen LogP contribution in [0.3, 0.4) is 0 Å². The molecule has 0 saturated carbocycles. The number of benzene rings is 2. The van der Waals surface area contributed by atoms with Crippen molar-refractivity contribution < 1.29 is 4.39 Å². The van der Waals surface area contributed by atoms with Gasteiger partial charge in [-0.1, -0.05) is 54.6 Å². The lowest BCUT2D eigenvalue weighted by atomic mass is 10.2. The smallest absolute Gasteiger partial charge is 0.123 e. The van der Waals surface area contributed by atoms with Gasteiger partial charge in [-0.2, -0.15) is 0 Å². The van der Waals surface area contributed by atoms with Crippen molar-refractivity contribution in [2.24, 2.45) is 0 Å². The zero-order valence-corrected chi connectivity index (χ0v) is 10.8. The third-order valence-corrected chi connectivity index (χ3v) is 4.85. The highest BCUT2D eigenvalue weighted by molar-refractivity contribution is 6.54. The Morgan fingerprint density at radius 1 is 0.938 bits per heavy atom. The zero-order chi connectivity index (χ0) is 11.4. The highest BCUT2D eigenvalue weighted by Gasteiger charge is 2.07. The average molecular weight is 230 g/mol. The molecule has 2 rings (SSSR count). The molecule has 0 fully saturated rings. The highest BCUT2D eigenvalue weighted by atomic mass is 28.2. The summed E-state index contributed by atoms with van der Waals surface area (Å²) in [7, 11) is -0.320. The lowest BCUT2D eigenvalue weighted by Gasteiger charge is -2.11. The Labute approximate surface area is 98.0 Å². The van der Waals surface area contributed by atoms with E-state index in [1.165, 1.54) is 10.8 Å². The van der Waals surface area contributed by atoms with E-state index in [-0.39, 0.29) is 15.3 Å².